The molecule has 2 N–H and O–H groups in total. The fourth-order valence-electron chi connectivity index (χ4n) is 3.49. The van der Waals surface area contributed by atoms with E-state index in [2.05, 4.69) is 51.9 Å². The van der Waals surface area contributed by atoms with Gasteiger partial charge < -0.3 is 15.0 Å². The van der Waals surface area contributed by atoms with Gasteiger partial charge in [-0.15, -0.1) is 0 Å². The number of benzene rings is 1. The maximum absolute atomic E-state index is 5.39. The summed E-state index contributed by atoms with van der Waals surface area (Å²) in [6.07, 6.45) is 6.89. The van der Waals surface area contributed by atoms with Gasteiger partial charge in [0.2, 0.25) is 0 Å². The predicted octanol–water partition coefficient (Wildman–Crippen LogP) is 2.90. The van der Waals surface area contributed by atoms with Crippen LogP contribution in [-0.4, -0.2) is 43.7 Å². The number of hydrogen-bond acceptors (Lipinski definition) is 4. The van der Waals surface area contributed by atoms with E-state index in [-0.39, 0.29) is 0 Å². The lowest BCUT2D eigenvalue weighted by molar-refractivity contribution is 0.122. The lowest BCUT2D eigenvalue weighted by atomic mass is 9.86. The smallest absolute Gasteiger partial charge is 0.187 e. The minimum atomic E-state index is 0.469. The van der Waals surface area contributed by atoms with E-state index in [1.54, 1.807) is 6.21 Å². The van der Waals surface area contributed by atoms with Crippen molar-refractivity contribution in [3.63, 3.8) is 0 Å². The Balaban J connectivity index is 1.45. The topological polar surface area (TPSA) is 48.9 Å². The lowest BCUT2D eigenvalue weighted by Crippen LogP contribution is -2.44. The molecule has 2 fully saturated rings. The van der Waals surface area contributed by atoms with Crippen molar-refractivity contribution in [3.8, 4) is 0 Å². The molecule has 2 aliphatic rings. The van der Waals surface area contributed by atoms with E-state index < -0.39 is 0 Å². The van der Waals surface area contributed by atoms with E-state index in [1.807, 2.05) is 0 Å². The summed E-state index contributed by atoms with van der Waals surface area (Å²) in [5, 5.41) is 8.27. The van der Waals surface area contributed by atoms with Gasteiger partial charge in [0, 0.05) is 24.8 Å². The Bertz CT molecular complexity index is 584. The van der Waals surface area contributed by atoms with E-state index in [1.165, 1.54) is 31.4 Å². The molecule has 1 saturated heterocycles. The van der Waals surface area contributed by atoms with Crippen LogP contribution in [-0.2, 0) is 4.74 Å². The molecule has 6 heteroatoms. The van der Waals surface area contributed by atoms with Crippen LogP contribution in [0.15, 0.2) is 29.4 Å². The van der Waals surface area contributed by atoms with Crippen molar-refractivity contribution in [2.75, 3.05) is 31.2 Å². The second-order valence-electron chi connectivity index (χ2n) is 6.90. The summed E-state index contributed by atoms with van der Waals surface area (Å²) in [5.41, 5.74) is 5.23. The van der Waals surface area contributed by atoms with Gasteiger partial charge in [-0.1, -0.05) is 31.9 Å². The molecule has 0 spiro atoms. The Hall–Kier alpha value is -1.66. The Labute approximate surface area is 155 Å². The number of anilines is 1. The van der Waals surface area contributed by atoms with Gasteiger partial charge in [0.15, 0.2) is 5.11 Å². The Morgan fingerprint density at radius 1 is 1.20 bits per heavy atom. The Morgan fingerprint density at radius 2 is 1.92 bits per heavy atom. The first-order chi connectivity index (χ1) is 12.2. The SMILES string of the molecule is C[C@H]1CCCC[C@@H]1NC(=S)N/N=C\c1ccc(N2CCOCC2)cc1. The van der Waals surface area contributed by atoms with Crippen LogP contribution in [0, 0.1) is 5.92 Å². The number of nitrogens with one attached hydrogen (secondary N) is 2. The molecule has 1 aromatic carbocycles. The van der Waals surface area contributed by atoms with Crippen molar-refractivity contribution in [2.24, 2.45) is 11.0 Å². The lowest BCUT2D eigenvalue weighted by Gasteiger charge is -2.30. The molecule has 1 saturated carbocycles. The number of hydrazone groups is 1. The van der Waals surface area contributed by atoms with Crippen molar-refractivity contribution >= 4 is 29.2 Å². The van der Waals surface area contributed by atoms with Crippen molar-refractivity contribution in [1.82, 2.24) is 10.7 Å². The van der Waals surface area contributed by atoms with Crippen molar-refractivity contribution in [2.45, 2.75) is 38.6 Å². The van der Waals surface area contributed by atoms with Gasteiger partial charge in [-0.05, 0) is 48.7 Å². The fourth-order valence-corrected chi connectivity index (χ4v) is 3.69. The average molecular weight is 361 g/mol. The number of morpholine rings is 1. The molecule has 0 radical (unpaired) electrons. The molecule has 0 unspecified atom stereocenters. The molecule has 0 amide bonds. The van der Waals surface area contributed by atoms with Crippen LogP contribution in [0.2, 0.25) is 0 Å². The van der Waals surface area contributed by atoms with Crippen molar-refractivity contribution in [3.05, 3.63) is 29.8 Å². The maximum atomic E-state index is 5.39. The van der Waals surface area contributed by atoms with Crippen LogP contribution in [0.3, 0.4) is 0 Å². The summed E-state index contributed by atoms with van der Waals surface area (Å²) in [4.78, 5) is 2.34. The van der Waals surface area contributed by atoms with Crippen LogP contribution in [0.25, 0.3) is 0 Å². The van der Waals surface area contributed by atoms with Gasteiger partial charge in [-0.3, -0.25) is 5.43 Å². The van der Waals surface area contributed by atoms with E-state index in [0.717, 1.165) is 31.9 Å². The molecule has 0 aromatic heterocycles. The zero-order valence-electron chi connectivity index (χ0n) is 14.9. The molecule has 1 aliphatic carbocycles. The molecule has 0 bridgehead atoms. The number of hydrogen-bond donors (Lipinski definition) is 2. The van der Waals surface area contributed by atoms with Crippen molar-refractivity contribution in [1.29, 1.82) is 0 Å². The minimum Gasteiger partial charge on any atom is -0.378 e. The fraction of sp³-hybridized carbons (Fsp3) is 0.579. The van der Waals surface area contributed by atoms with Gasteiger partial charge in [-0.2, -0.15) is 5.10 Å². The highest BCUT2D eigenvalue weighted by molar-refractivity contribution is 7.80. The molecular weight excluding hydrogens is 332 g/mol. The molecule has 3 rings (SSSR count). The summed E-state index contributed by atoms with van der Waals surface area (Å²) < 4.78 is 5.39. The van der Waals surface area contributed by atoms with Gasteiger partial charge in [0.1, 0.15) is 0 Å². The standard InChI is InChI=1S/C19H28N4OS/c1-15-4-2-3-5-18(15)21-19(25)22-20-14-16-6-8-17(9-7-16)23-10-12-24-13-11-23/h6-9,14-15,18H,2-5,10-13H2,1H3,(H2,21,22,25)/b20-14-/t15-,18-/m0/s1. The normalized spacial score (nSPS) is 24.3. The molecule has 136 valence electrons. The van der Waals surface area contributed by atoms with Gasteiger partial charge in [0.25, 0.3) is 0 Å². The van der Waals surface area contributed by atoms with E-state index >= 15 is 0 Å². The van der Waals surface area contributed by atoms with Gasteiger partial charge in [0.05, 0.1) is 19.4 Å². The number of thiocarbonyl (C=S) groups is 1. The molecule has 5 nitrogen and oxygen atoms in total. The highest BCUT2D eigenvalue weighted by Crippen LogP contribution is 2.23. The zero-order chi connectivity index (χ0) is 17.5. The largest absolute Gasteiger partial charge is 0.378 e. The van der Waals surface area contributed by atoms with Crippen LogP contribution in [0.5, 0.6) is 0 Å². The Kier molecular flexibility index (Phi) is 6.64. The molecule has 1 aliphatic heterocycles. The first kappa shape index (κ1) is 18.1. The van der Waals surface area contributed by atoms with Gasteiger partial charge >= 0.3 is 0 Å². The zero-order valence-corrected chi connectivity index (χ0v) is 15.7. The molecule has 2 atom stereocenters. The number of nitrogens with zero attached hydrogens (tertiary/aromatic N) is 2. The average Bonchev–Trinajstić information content (AvgIpc) is 2.65. The molecule has 25 heavy (non-hydrogen) atoms. The molecule has 1 aromatic rings. The Morgan fingerprint density at radius 3 is 2.64 bits per heavy atom. The predicted molar refractivity (Wildman–Crippen MR) is 107 cm³/mol. The first-order valence-electron chi connectivity index (χ1n) is 9.25. The highest BCUT2D eigenvalue weighted by Gasteiger charge is 2.21. The second-order valence-corrected chi connectivity index (χ2v) is 7.31. The summed E-state index contributed by atoms with van der Waals surface area (Å²) in [6, 6.07) is 8.89. The third-order valence-corrected chi connectivity index (χ3v) is 5.29. The summed E-state index contributed by atoms with van der Waals surface area (Å²) >= 11 is 5.35. The summed E-state index contributed by atoms with van der Waals surface area (Å²) in [5.74, 6) is 0.671. The number of rotatable bonds is 4. The quantitative estimate of drug-likeness (QED) is 0.491. The second kappa shape index (κ2) is 9.15. The molecule has 1 heterocycles. The van der Waals surface area contributed by atoms with Crippen molar-refractivity contribution < 1.29 is 4.74 Å². The third kappa shape index (κ3) is 5.41. The van der Waals surface area contributed by atoms with Crippen LogP contribution >= 0.6 is 12.2 Å². The highest BCUT2D eigenvalue weighted by atomic mass is 32.1. The summed E-state index contributed by atoms with van der Waals surface area (Å²) in [7, 11) is 0. The maximum Gasteiger partial charge on any atom is 0.187 e. The third-order valence-electron chi connectivity index (χ3n) is 5.08. The first-order valence-corrected chi connectivity index (χ1v) is 9.65. The summed E-state index contributed by atoms with van der Waals surface area (Å²) in [6.45, 7) is 5.80. The van der Waals surface area contributed by atoms with E-state index in [0.29, 0.717) is 17.1 Å². The monoisotopic (exact) mass is 360 g/mol. The molecular formula is C19H28N4OS. The van der Waals surface area contributed by atoms with E-state index in [4.69, 9.17) is 17.0 Å². The van der Waals surface area contributed by atoms with Gasteiger partial charge in [-0.25, -0.2) is 0 Å². The number of ether oxygens (including phenoxy) is 1. The van der Waals surface area contributed by atoms with Crippen LogP contribution < -0.4 is 15.6 Å². The van der Waals surface area contributed by atoms with Crippen LogP contribution in [0.1, 0.15) is 38.2 Å². The van der Waals surface area contributed by atoms with Crippen LogP contribution in [0.4, 0.5) is 5.69 Å². The van der Waals surface area contributed by atoms with E-state index in [9.17, 15) is 0 Å². The minimum absolute atomic E-state index is 0.469.